The second-order valence-corrected chi connectivity index (χ2v) is 31.6. The summed E-state index contributed by atoms with van der Waals surface area (Å²) >= 11 is 0. The maximum absolute atomic E-state index is 15.7. The number of hydrogen-bond acceptors (Lipinski definition) is 13. The van der Waals surface area contributed by atoms with Crippen LogP contribution < -0.4 is 16.0 Å². The highest BCUT2D eigenvalue weighted by atomic mass is 19.4. The average Bonchev–Trinajstić information content (AvgIpc) is 1.36. The molecule has 109 heavy (non-hydrogen) atoms. The predicted octanol–water partition coefficient (Wildman–Crippen LogP) is 6.35. The Hall–Kier alpha value is -7.36. The molecule has 3 aliphatic heterocycles. The molecule has 7 aliphatic rings. The number of halogens is 10. The van der Waals surface area contributed by atoms with Gasteiger partial charge < -0.3 is 64.8 Å². The third kappa shape index (κ3) is 21.5. The Balaban J connectivity index is 1.33. The molecule has 2 saturated heterocycles. The standard InChI is InChI=1S/C74H112F10N12O13/c1-13-30-88(6)65(103)54-36-57(98)91(9)43(5)62(100)86-60(42(4)14-2)68(106)90(8)39-58(99)92(10)52-23-17-16-20-31-95(67(52)105)55(34-44-24-27-47(28-25-44)73(79,80)81)66(104)89(7)38-56(97)85-51(29-26-45-32-49(75)59(50(76)33-45)74(82,83)84)64(102)96-37-48(109-15-3)35-53(96)63(101)87-71(40-72(77,78)41-71)70(108)94(12)61(69(107)93(54)11)46-21-18-19-22-46/h16-17,42-55,59-61H,13-15,18-41H2,1-12H3,(H,85,97)(H,86,100)(H,87,101)/b17-16-/t42-,43-,44?,45?,47?,48+,49?,50?,51-,52-,53-,54-,55-,59?,60-,61-/m0/s1. The van der Waals surface area contributed by atoms with E-state index >= 15 is 46.3 Å². The first-order chi connectivity index (χ1) is 50.9. The van der Waals surface area contributed by atoms with E-state index < -0.39 is 262 Å². The van der Waals surface area contributed by atoms with Gasteiger partial charge in [-0.2, -0.15) is 26.3 Å². The molecule has 3 heterocycles. The summed E-state index contributed by atoms with van der Waals surface area (Å²) in [6, 6.07) is -12.4. The van der Waals surface area contributed by atoms with Crippen molar-refractivity contribution in [3.63, 3.8) is 0 Å². The van der Waals surface area contributed by atoms with E-state index in [1.807, 2.05) is 0 Å². The summed E-state index contributed by atoms with van der Waals surface area (Å²) in [7, 11) is 8.86. The number of fused-ring (bicyclic) bond motifs is 3. The van der Waals surface area contributed by atoms with Crippen LogP contribution in [0.15, 0.2) is 12.2 Å². The van der Waals surface area contributed by atoms with E-state index in [-0.39, 0.29) is 71.1 Å². The van der Waals surface area contributed by atoms with Gasteiger partial charge in [0.1, 0.15) is 72.1 Å². The first kappa shape index (κ1) is 88.9. The van der Waals surface area contributed by atoms with Crippen LogP contribution in [-0.4, -0.2) is 294 Å². The van der Waals surface area contributed by atoms with Crippen LogP contribution in [0, 0.1) is 35.5 Å². The van der Waals surface area contributed by atoms with Gasteiger partial charge in [0.15, 0.2) is 0 Å². The molecule has 0 aromatic rings. The van der Waals surface area contributed by atoms with E-state index in [9.17, 15) is 55.1 Å². The van der Waals surface area contributed by atoms with Gasteiger partial charge >= 0.3 is 12.4 Å². The Bertz CT molecular complexity index is 3280. The van der Waals surface area contributed by atoms with Crippen molar-refractivity contribution < 1.29 is 106 Å². The number of rotatable bonds is 13. The third-order valence-corrected chi connectivity index (χ3v) is 23.8. The van der Waals surface area contributed by atoms with E-state index in [1.54, 1.807) is 39.8 Å². The minimum Gasteiger partial charge on any atom is -0.377 e. The number of nitrogens with zero attached hydrogens (tertiary/aromatic N) is 9. The molecule has 0 aromatic heterocycles. The quantitative estimate of drug-likeness (QED) is 0.134. The van der Waals surface area contributed by atoms with Crippen molar-refractivity contribution in [3.8, 4) is 0 Å². The molecule has 2 unspecified atom stereocenters. The highest BCUT2D eigenvalue weighted by Gasteiger charge is 2.65. The minimum absolute atomic E-state index is 0.0202. The highest BCUT2D eigenvalue weighted by molar-refractivity contribution is 6.01. The number of alkyl halides is 10. The predicted molar refractivity (Wildman–Crippen MR) is 377 cm³/mol. The van der Waals surface area contributed by atoms with Crippen LogP contribution >= 0.6 is 0 Å². The van der Waals surface area contributed by atoms with Gasteiger partial charge in [-0.15, -0.1) is 0 Å². The van der Waals surface area contributed by atoms with Gasteiger partial charge in [-0.05, 0) is 127 Å². The number of likely N-dealkylation sites (N-methyl/N-ethyl adjacent to an activating group) is 7. The van der Waals surface area contributed by atoms with Crippen molar-refractivity contribution in [2.45, 2.75) is 260 Å². The molecule has 1 spiro atoms. The maximum atomic E-state index is 15.7. The van der Waals surface area contributed by atoms with E-state index in [1.165, 1.54) is 59.0 Å². The van der Waals surface area contributed by atoms with E-state index in [4.69, 9.17) is 4.74 Å². The number of carbonyl (C=O) groups is 12. The zero-order chi connectivity index (χ0) is 81.3. The van der Waals surface area contributed by atoms with Crippen LogP contribution in [0.4, 0.5) is 43.9 Å². The molecule has 616 valence electrons. The SMILES string of the molecule is CCCN(C)C(=O)[C@@H]1CC(=O)N(C)[C@@H](C)C(=O)N[C@@H]([C@@H](C)CC)C(=O)N(C)CC(=O)N(C)[C@H]2C/C=C\CCN(C2=O)[C@@H](CC2CCC(C(F)(F)F)CC2)C(=O)N(C)CC(=O)N[C@@H](CCC2CC(F)C(C(F)(F)F)C(F)C2)C(=O)N2C[C@H](OCC)C[C@H]2C(=O)NC2(CC(F)(F)C2)C(=O)N(C)[C@@H](C2CCCC2)C(=O)N1C. The molecule has 7 rings (SSSR count). The fourth-order valence-electron chi connectivity index (χ4n) is 17.0. The number of nitrogens with one attached hydrogen (secondary N) is 3. The van der Waals surface area contributed by atoms with Crippen molar-refractivity contribution >= 4 is 70.9 Å². The Morgan fingerprint density at radius 1 is 0.670 bits per heavy atom. The molecule has 25 nitrogen and oxygen atoms in total. The van der Waals surface area contributed by atoms with Crippen molar-refractivity contribution in [2.24, 2.45) is 35.5 Å². The lowest BCUT2D eigenvalue weighted by molar-refractivity contribution is -0.219. The monoisotopic (exact) mass is 1570 g/mol. The maximum Gasteiger partial charge on any atom is 0.397 e. The number of carbonyl (C=O) groups excluding carboxylic acids is 12. The second-order valence-electron chi connectivity index (χ2n) is 31.6. The largest absolute Gasteiger partial charge is 0.397 e. The van der Waals surface area contributed by atoms with E-state index in [0.717, 1.165) is 41.3 Å². The zero-order valence-corrected chi connectivity index (χ0v) is 64.7. The van der Waals surface area contributed by atoms with Crippen molar-refractivity contribution in [1.29, 1.82) is 0 Å². The first-order valence-electron chi connectivity index (χ1n) is 38.3. The smallest absolute Gasteiger partial charge is 0.377 e. The zero-order valence-electron chi connectivity index (χ0n) is 64.7. The molecule has 4 aliphatic carbocycles. The number of ether oxygens (including phenoxy) is 1. The van der Waals surface area contributed by atoms with Gasteiger partial charge in [-0.25, -0.2) is 17.6 Å². The lowest BCUT2D eigenvalue weighted by Crippen LogP contribution is -2.72. The minimum atomic E-state index is -5.26. The fourth-order valence-corrected chi connectivity index (χ4v) is 17.0. The summed E-state index contributed by atoms with van der Waals surface area (Å²) in [5.41, 5.74) is -2.51. The molecule has 2 bridgehead atoms. The van der Waals surface area contributed by atoms with Crippen LogP contribution in [0.25, 0.3) is 0 Å². The topological polar surface area (TPSA) is 279 Å². The fraction of sp³-hybridized carbons (Fsp3) is 0.811. The molecule has 4 saturated carbocycles. The average molecular weight is 1570 g/mol. The summed E-state index contributed by atoms with van der Waals surface area (Å²) in [6.45, 7) is 5.93. The van der Waals surface area contributed by atoms with Crippen LogP contribution in [0.5, 0.6) is 0 Å². The normalized spacial score (nSPS) is 32.2. The number of amides is 12. The summed E-state index contributed by atoms with van der Waals surface area (Å²) < 4.78 is 153. The Labute approximate surface area is 631 Å². The molecular weight excluding hydrogens is 1450 g/mol. The molecule has 0 aromatic carbocycles. The Morgan fingerprint density at radius 3 is 1.85 bits per heavy atom. The van der Waals surface area contributed by atoms with Crippen LogP contribution in [0.3, 0.4) is 0 Å². The van der Waals surface area contributed by atoms with Gasteiger partial charge in [-0.3, -0.25) is 57.5 Å². The van der Waals surface area contributed by atoms with Crippen molar-refractivity contribution in [1.82, 2.24) is 60.0 Å². The molecule has 3 N–H and O–H groups in total. The summed E-state index contributed by atoms with van der Waals surface area (Å²) in [4.78, 5) is 189. The van der Waals surface area contributed by atoms with Crippen LogP contribution in [0.2, 0.25) is 0 Å². The Morgan fingerprint density at radius 2 is 1.28 bits per heavy atom. The van der Waals surface area contributed by atoms with Crippen molar-refractivity contribution in [3.05, 3.63) is 12.2 Å². The van der Waals surface area contributed by atoms with Gasteiger partial charge in [0.2, 0.25) is 70.9 Å². The molecule has 35 heteroatoms. The molecule has 6 fully saturated rings. The Kier molecular flexibility index (Phi) is 30.4. The van der Waals surface area contributed by atoms with E-state index in [2.05, 4.69) is 16.0 Å². The number of hydrogen-bond donors (Lipinski definition) is 3. The van der Waals surface area contributed by atoms with Crippen LogP contribution in [0.1, 0.15) is 169 Å². The first-order valence-corrected chi connectivity index (χ1v) is 38.3. The second kappa shape index (κ2) is 37.3. The third-order valence-electron chi connectivity index (χ3n) is 23.8. The molecular formula is C74H112F10N12O13. The van der Waals surface area contributed by atoms with Crippen molar-refractivity contribution in [2.75, 3.05) is 88.7 Å². The van der Waals surface area contributed by atoms with E-state index in [0.29, 0.717) is 38.5 Å². The highest BCUT2D eigenvalue weighted by Crippen LogP contribution is 2.49. The summed E-state index contributed by atoms with van der Waals surface area (Å²) in [5, 5.41) is 7.76. The van der Waals surface area contributed by atoms with Crippen LogP contribution in [-0.2, 0) is 62.3 Å². The molecule has 12 amide bonds. The van der Waals surface area contributed by atoms with Gasteiger partial charge in [0.25, 0.3) is 5.92 Å². The lowest BCUT2D eigenvalue weighted by Gasteiger charge is -2.50. The van der Waals surface area contributed by atoms with Gasteiger partial charge in [0.05, 0.1) is 31.5 Å². The summed E-state index contributed by atoms with van der Waals surface area (Å²) in [5.74, 6) is -22.5. The molecule has 0 radical (unpaired) electrons. The van der Waals surface area contributed by atoms with Gasteiger partial charge in [0, 0.05) is 94.8 Å². The lowest BCUT2D eigenvalue weighted by atomic mass is 9.71. The molecule has 12 atom stereocenters. The summed E-state index contributed by atoms with van der Waals surface area (Å²) in [6.07, 6.45) is -17.9. The van der Waals surface area contributed by atoms with Gasteiger partial charge in [-0.1, -0.05) is 52.2 Å².